The van der Waals surface area contributed by atoms with Crippen LogP contribution in [0.4, 0.5) is 0 Å². The fourth-order valence-electron chi connectivity index (χ4n) is 2.94. The van der Waals surface area contributed by atoms with E-state index >= 15 is 0 Å². The largest absolute Gasteiger partial charge is 0.493 e. The zero-order valence-corrected chi connectivity index (χ0v) is 15.0. The second kappa shape index (κ2) is 7.34. The molecule has 0 N–H and O–H groups in total. The lowest BCUT2D eigenvalue weighted by atomic mass is 9.83. The number of benzene rings is 1. The van der Waals surface area contributed by atoms with Crippen molar-refractivity contribution in [2.24, 2.45) is 5.41 Å². The fraction of sp³-hybridized carbons (Fsp3) is 0.600. The Bertz CT molecular complexity index is 549. The number of hydrogen-bond acceptors (Lipinski definition) is 3. The van der Waals surface area contributed by atoms with Crippen LogP contribution >= 0.6 is 26.6 Å². The molecule has 0 atom stereocenters. The van der Waals surface area contributed by atoms with Crippen LogP contribution in [0.1, 0.15) is 38.5 Å². The molecule has 0 spiro atoms. The van der Waals surface area contributed by atoms with Crippen molar-refractivity contribution in [3.05, 3.63) is 28.7 Å². The van der Waals surface area contributed by atoms with Gasteiger partial charge in [0.05, 0.1) is 12.4 Å². The van der Waals surface area contributed by atoms with Crippen molar-refractivity contribution in [3.63, 3.8) is 0 Å². The van der Waals surface area contributed by atoms with Crippen molar-refractivity contribution in [2.45, 2.75) is 38.5 Å². The molecule has 1 aliphatic carbocycles. The zero-order valence-electron chi connectivity index (χ0n) is 11.9. The van der Waals surface area contributed by atoms with E-state index in [0.29, 0.717) is 6.61 Å². The third-order valence-electron chi connectivity index (χ3n) is 4.00. The van der Waals surface area contributed by atoms with Crippen molar-refractivity contribution in [1.82, 2.24) is 0 Å². The first-order valence-corrected chi connectivity index (χ1v) is 10.5. The average Bonchev–Trinajstić information content (AvgIpc) is 2.62. The third kappa shape index (κ3) is 5.80. The van der Waals surface area contributed by atoms with Crippen molar-refractivity contribution in [1.29, 1.82) is 0 Å². The molecule has 0 heterocycles. The highest BCUT2D eigenvalue weighted by Crippen LogP contribution is 2.37. The summed E-state index contributed by atoms with van der Waals surface area (Å²) in [5, 5.41) is 0. The van der Waals surface area contributed by atoms with Crippen LogP contribution < -0.4 is 4.74 Å². The highest BCUT2D eigenvalue weighted by Gasteiger charge is 2.36. The van der Waals surface area contributed by atoms with E-state index in [0.717, 1.165) is 48.7 Å². The molecule has 0 saturated heterocycles. The van der Waals surface area contributed by atoms with Crippen molar-refractivity contribution < 1.29 is 13.2 Å². The maximum Gasteiger partial charge on any atom is 0.233 e. The Morgan fingerprint density at radius 1 is 1.10 bits per heavy atom. The van der Waals surface area contributed by atoms with E-state index in [2.05, 4.69) is 15.9 Å². The topological polar surface area (TPSA) is 43.4 Å². The van der Waals surface area contributed by atoms with Gasteiger partial charge in [-0.15, -0.1) is 0 Å². The van der Waals surface area contributed by atoms with Crippen LogP contribution in [-0.4, -0.2) is 20.8 Å². The predicted molar refractivity (Wildman–Crippen MR) is 89.4 cm³/mol. The van der Waals surface area contributed by atoms with Gasteiger partial charge in [-0.2, -0.15) is 0 Å². The van der Waals surface area contributed by atoms with Crippen LogP contribution in [0.25, 0.3) is 0 Å². The highest BCUT2D eigenvalue weighted by molar-refractivity contribution is 9.10. The van der Waals surface area contributed by atoms with Gasteiger partial charge >= 0.3 is 0 Å². The van der Waals surface area contributed by atoms with E-state index in [-0.39, 0.29) is 11.2 Å². The molecule has 1 aliphatic rings. The summed E-state index contributed by atoms with van der Waals surface area (Å²) in [4.78, 5) is 0. The summed E-state index contributed by atoms with van der Waals surface area (Å²) in [6.45, 7) is 0.403. The monoisotopic (exact) mass is 394 g/mol. The van der Waals surface area contributed by atoms with Crippen molar-refractivity contribution in [3.8, 4) is 5.75 Å². The van der Waals surface area contributed by atoms with Gasteiger partial charge < -0.3 is 4.74 Å². The van der Waals surface area contributed by atoms with E-state index in [1.807, 2.05) is 24.3 Å². The van der Waals surface area contributed by atoms with Gasteiger partial charge in [-0.1, -0.05) is 41.6 Å². The Morgan fingerprint density at radius 3 is 2.19 bits per heavy atom. The Hall–Kier alpha value is -0.260. The molecule has 118 valence electrons. The van der Waals surface area contributed by atoms with Gasteiger partial charge in [0.15, 0.2) is 0 Å². The van der Waals surface area contributed by atoms with Crippen LogP contribution in [0.2, 0.25) is 0 Å². The fourth-order valence-corrected chi connectivity index (χ4v) is 5.00. The maximum absolute atomic E-state index is 11.6. The molecular weight excluding hydrogens is 376 g/mol. The second-order valence-corrected chi connectivity index (χ2v) is 9.53. The summed E-state index contributed by atoms with van der Waals surface area (Å²) in [5.41, 5.74) is -0.357. The molecule has 6 heteroatoms. The summed E-state index contributed by atoms with van der Waals surface area (Å²) >= 11 is 3.38. The van der Waals surface area contributed by atoms with Crippen molar-refractivity contribution >= 4 is 35.7 Å². The lowest BCUT2D eigenvalue weighted by Crippen LogP contribution is -2.34. The normalized spacial score (nSPS) is 19.0. The molecule has 3 nitrogen and oxygen atoms in total. The molecule has 0 amide bonds. The molecule has 1 aromatic rings. The lowest BCUT2D eigenvalue weighted by molar-refractivity contribution is 0.146. The molecule has 21 heavy (non-hydrogen) atoms. The molecule has 1 aromatic carbocycles. The molecule has 0 bridgehead atoms. The predicted octanol–water partition coefficient (Wildman–Crippen LogP) is 4.74. The Kier molecular flexibility index (Phi) is 5.97. The van der Waals surface area contributed by atoms with Gasteiger partial charge in [0.1, 0.15) is 5.75 Å². The molecule has 2 rings (SSSR count). The number of halogens is 2. The van der Waals surface area contributed by atoms with E-state index in [4.69, 9.17) is 15.4 Å². The summed E-state index contributed by atoms with van der Waals surface area (Å²) in [5.74, 6) is 0.756. The summed E-state index contributed by atoms with van der Waals surface area (Å²) in [6.07, 6.45) is 6.10. The Labute approximate surface area is 139 Å². The van der Waals surface area contributed by atoms with Gasteiger partial charge in [-0.25, -0.2) is 8.42 Å². The van der Waals surface area contributed by atoms with E-state index < -0.39 is 9.05 Å². The average molecular weight is 396 g/mol. The molecular formula is C15H20BrClO3S. The minimum atomic E-state index is -3.52. The van der Waals surface area contributed by atoms with Crippen LogP contribution in [0.15, 0.2) is 28.7 Å². The molecule has 1 saturated carbocycles. The molecule has 0 unspecified atom stereocenters. The number of hydrogen-bond donors (Lipinski definition) is 0. The Balaban J connectivity index is 2.09. The van der Waals surface area contributed by atoms with E-state index in [1.54, 1.807) is 0 Å². The lowest BCUT2D eigenvalue weighted by Gasteiger charge is -2.31. The number of ether oxygens (including phenoxy) is 1. The van der Waals surface area contributed by atoms with Gasteiger partial charge in [0.2, 0.25) is 9.05 Å². The van der Waals surface area contributed by atoms with Crippen molar-refractivity contribution in [2.75, 3.05) is 12.4 Å². The van der Waals surface area contributed by atoms with E-state index in [1.165, 1.54) is 0 Å². The van der Waals surface area contributed by atoms with Crippen LogP contribution in [0.3, 0.4) is 0 Å². The van der Waals surface area contributed by atoms with Gasteiger partial charge in [0.25, 0.3) is 0 Å². The molecule has 0 radical (unpaired) electrons. The summed E-state index contributed by atoms with van der Waals surface area (Å²) in [6, 6.07) is 7.58. The maximum atomic E-state index is 11.6. The molecule has 0 aromatic heterocycles. The smallest absolute Gasteiger partial charge is 0.233 e. The second-order valence-electron chi connectivity index (χ2n) is 5.84. The summed E-state index contributed by atoms with van der Waals surface area (Å²) in [7, 11) is 2.00. The molecule has 1 fully saturated rings. The minimum Gasteiger partial charge on any atom is -0.493 e. The highest BCUT2D eigenvalue weighted by atomic mass is 79.9. The zero-order chi connectivity index (χ0) is 15.3. The molecule has 0 aliphatic heterocycles. The summed E-state index contributed by atoms with van der Waals surface area (Å²) < 4.78 is 30.0. The van der Waals surface area contributed by atoms with Gasteiger partial charge in [0, 0.05) is 20.6 Å². The number of rotatable bonds is 5. The third-order valence-corrected chi connectivity index (χ3v) is 5.81. The van der Waals surface area contributed by atoms with Crippen LogP contribution in [0.5, 0.6) is 5.75 Å². The van der Waals surface area contributed by atoms with Crippen LogP contribution in [-0.2, 0) is 9.05 Å². The van der Waals surface area contributed by atoms with Crippen LogP contribution in [0, 0.1) is 5.41 Å². The quantitative estimate of drug-likeness (QED) is 0.534. The first kappa shape index (κ1) is 17.1. The SMILES string of the molecule is O=S(=O)(Cl)CC1(COc2ccc(Br)cc2)CCCCCC1. The standard InChI is InChI=1S/C15H20BrClO3S/c16-13-5-7-14(8-6-13)20-11-15(12-21(17,18)19)9-3-1-2-4-10-15/h5-8H,1-4,9-12H2. The Morgan fingerprint density at radius 2 is 1.67 bits per heavy atom. The minimum absolute atomic E-state index is 0.00190. The first-order chi connectivity index (χ1) is 9.89. The van der Waals surface area contributed by atoms with Gasteiger partial charge in [-0.05, 0) is 37.1 Å². The van der Waals surface area contributed by atoms with E-state index in [9.17, 15) is 8.42 Å². The first-order valence-electron chi connectivity index (χ1n) is 7.19. The van der Waals surface area contributed by atoms with Gasteiger partial charge in [-0.3, -0.25) is 0 Å².